The lowest BCUT2D eigenvalue weighted by molar-refractivity contribution is -0.285. The van der Waals surface area contributed by atoms with Gasteiger partial charge in [-0.05, 0) is 43.4 Å². The van der Waals surface area contributed by atoms with E-state index in [1.165, 1.54) is 57.1 Å². The highest BCUT2D eigenvalue weighted by atomic mass is 19.2. The molecule has 0 saturated carbocycles. The van der Waals surface area contributed by atoms with E-state index in [9.17, 15) is 8.78 Å². The van der Waals surface area contributed by atoms with Crippen molar-refractivity contribution in [1.29, 1.82) is 0 Å². The predicted octanol–water partition coefficient (Wildman–Crippen LogP) is 7.56. The van der Waals surface area contributed by atoms with E-state index in [1.54, 1.807) is 20.3 Å². The van der Waals surface area contributed by atoms with Crippen LogP contribution in [0, 0.1) is 11.6 Å². The smallest absolute Gasteiger partial charge is 0.271 e. The minimum absolute atomic E-state index is 0.150. The Morgan fingerprint density at radius 1 is 0.733 bits per heavy atom. The van der Waals surface area contributed by atoms with E-state index in [4.69, 9.17) is 14.2 Å². The molecule has 0 spiro atoms. The Morgan fingerprint density at radius 2 is 1.30 bits per heavy atom. The quantitative estimate of drug-likeness (QED) is 0.168. The first-order valence-electron chi connectivity index (χ1n) is 11.8. The normalized spacial score (nSPS) is 12.6. The Labute approximate surface area is 182 Å². The summed E-state index contributed by atoms with van der Waals surface area (Å²) in [7, 11) is 3.19. The van der Waals surface area contributed by atoms with Gasteiger partial charge in [0.15, 0.2) is 11.6 Å². The molecule has 0 bridgehead atoms. The summed E-state index contributed by atoms with van der Waals surface area (Å²) in [5.74, 6) is -1.54. The zero-order valence-corrected chi connectivity index (χ0v) is 19.3. The molecule has 1 aromatic rings. The molecule has 0 saturated heterocycles. The van der Waals surface area contributed by atoms with Crippen molar-refractivity contribution in [3.05, 3.63) is 35.4 Å². The van der Waals surface area contributed by atoms with Gasteiger partial charge < -0.3 is 14.2 Å². The van der Waals surface area contributed by atoms with Gasteiger partial charge in [0.05, 0.1) is 6.10 Å². The van der Waals surface area contributed by atoms with Gasteiger partial charge in [-0.2, -0.15) is 0 Å². The SMILES string of the molecule is CCCCCCCCCC(CCCCCCc1ccc(F)c(F)c1)OC(OC)OC. The zero-order chi connectivity index (χ0) is 22.0. The average molecular weight is 429 g/mol. The number of benzene rings is 1. The Bertz CT molecular complexity index is 535. The summed E-state index contributed by atoms with van der Waals surface area (Å²) < 4.78 is 42.6. The summed E-state index contributed by atoms with van der Waals surface area (Å²) in [6.45, 7) is 1.64. The lowest BCUT2D eigenvalue weighted by Crippen LogP contribution is -2.25. The lowest BCUT2D eigenvalue weighted by Gasteiger charge is -2.23. The molecule has 0 N–H and O–H groups in total. The number of unbranched alkanes of at least 4 members (excludes halogenated alkanes) is 9. The Morgan fingerprint density at radius 3 is 1.87 bits per heavy atom. The van der Waals surface area contributed by atoms with Crippen molar-refractivity contribution in [2.24, 2.45) is 0 Å². The van der Waals surface area contributed by atoms with Crippen LogP contribution in [0.1, 0.15) is 96.0 Å². The molecule has 0 aliphatic heterocycles. The molecule has 1 rings (SSSR count). The molecular formula is C25H42F2O3. The fourth-order valence-corrected chi connectivity index (χ4v) is 3.72. The first-order chi connectivity index (χ1) is 14.6. The number of halogens is 2. The standard InChI is InChI=1S/C25H42F2O3/c1-4-5-6-7-8-9-13-16-22(30-25(28-2)29-3)17-14-11-10-12-15-21-18-19-23(26)24(27)20-21/h18-20,22,25H,4-17H2,1-3H3. The Balaban J connectivity index is 2.22. The van der Waals surface area contributed by atoms with Crippen molar-refractivity contribution in [3.63, 3.8) is 0 Å². The summed E-state index contributed by atoms with van der Waals surface area (Å²) in [5, 5.41) is 0. The number of rotatable bonds is 19. The van der Waals surface area contributed by atoms with Crippen LogP contribution in [0.5, 0.6) is 0 Å². The fraction of sp³-hybridized carbons (Fsp3) is 0.760. The van der Waals surface area contributed by atoms with Gasteiger partial charge in [-0.1, -0.05) is 77.2 Å². The van der Waals surface area contributed by atoms with Crippen LogP contribution in [0.4, 0.5) is 8.78 Å². The van der Waals surface area contributed by atoms with Crippen LogP contribution < -0.4 is 0 Å². The van der Waals surface area contributed by atoms with Crippen LogP contribution in [0.15, 0.2) is 18.2 Å². The van der Waals surface area contributed by atoms with Gasteiger partial charge in [-0.3, -0.25) is 0 Å². The summed E-state index contributed by atoms with van der Waals surface area (Å²) >= 11 is 0. The summed E-state index contributed by atoms with van der Waals surface area (Å²) in [5.41, 5.74) is 0.858. The largest absolute Gasteiger partial charge is 0.333 e. The molecule has 3 nitrogen and oxygen atoms in total. The second-order valence-electron chi connectivity index (χ2n) is 8.13. The molecule has 1 unspecified atom stereocenters. The molecule has 1 atom stereocenters. The third-order valence-corrected chi connectivity index (χ3v) is 5.54. The highest BCUT2D eigenvalue weighted by Gasteiger charge is 2.15. The third kappa shape index (κ3) is 12.6. The van der Waals surface area contributed by atoms with E-state index >= 15 is 0 Å². The number of hydrogen-bond donors (Lipinski definition) is 0. The van der Waals surface area contributed by atoms with Crippen LogP contribution in [-0.2, 0) is 20.6 Å². The first-order valence-corrected chi connectivity index (χ1v) is 11.8. The van der Waals surface area contributed by atoms with Crippen LogP contribution in [-0.4, -0.2) is 26.8 Å². The topological polar surface area (TPSA) is 27.7 Å². The van der Waals surface area contributed by atoms with Gasteiger partial charge in [-0.15, -0.1) is 0 Å². The lowest BCUT2D eigenvalue weighted by atomic mass is 10.0. The van der Waals surface area contributed by atoms with Crippen molar-refractivity contribution in [1.82, 2.24) is 0 Å². The predicted molar refractivity (Wildman–Crippen MR) is 118 cm³/mol. The molecule has 174 valence electrons. The summed E-state index contributed by atoms with van der Waals surface area (Å²) in [6, 6.07) is 4.18. The maximum absolute atomic E-state index is 13.3. The molecule has 0 heterocycles. The highest BCUT2D eigenvalue weighted by molar-refractivity contribution is 5.17. The number of aryl methyl sites for hydroxylation is 1. The van der Waals surface area contributed by atoms with Gasteiger partial charge >= 0.3 is 0 Å². The molecule has 30 heavy (non-hydrogen) atoms. The Hall–Kier alpha value is -1.04. The number of ether oxygens (including phenoxy) is 3. The molecule has 5 heteroatoms. The molecule has 0 aliphatic carbocycles. The van der Waals surface area contributed by atoms with Gasteiger partial charge in [0.1, 0.15) is 0 Å². The fourth-order valence-electron chi connectivity index (χ4n) is 3.72. The van der Waals surface area contributed by atoms with Crippen molar-refractivity contribution in [3.8, 4) is 0 Å². The van der Waals surface area contributed by atoms with Crippen LogP contribution in [0.25, 0.3) is 0 Å². The summed E-state index contributed by atoms with van der Waals surface area (Å²) in [6.07, 6.45) is 16.2. The minimum Gasteiger partial charge on any atom is -0.333 e. The molecule has 1 aromatic carbocycles. The van der Waals surface area contributed by atoms with E-state index in [0.29, 0.717) is 0 Å². The molecule has 0 fully saturated rings. The van der Waals surface area contributed by atoms with E-state index in [2.05, 4.69) is 6.92 Å². The van der Waals surface area contributed by atoms with Crippen molar-refractivity contribution in [2.45, 2.75) is 109 Å². The van der Waals surface area contributed by atoms with Crippen LogP contribution in [0.3, 0.4) is 0 Å². The zero-order valence-electron chi connectivity index (χ0n) is 19.3. The molecule has 0 aromatic heterocycles. The van der Waals surface area contributed by atoms with Gasteiger partial charge in [0, 0.05) is 14.2 Å². The van der Waals surface area contributed by atoms with E-state index < -0.39 is 18.1 Å². The monoisotopic (exact) mass is 428 g/mol. The van der Waals surface area contributed by atoms with Gasteiger partial charge in [0.2, 0.25) is 0 Å². The van der Waals surface area contributed by atoms with E-state index in [1.807, 2.05) is 0 Å². The van der Waals surface area contributed by atoms with Crippen LogP contribution >= 0.6 is 0 Å². The second kappa shape index (κ2) is 17.6. The molecule has 0 radical (unpaired) electrons. The van der Waals surface area contributed by atoms with E-state index in [0.717, 1.165) is 50.5 Å². The third-order valence-electron chi connectivity index (χ3n) is 5.54. The second-order valence-corrected chi connectivity index (χ2v) is 8.13. The highest BCUT2D eigenvalue weighted by Crippen LogP contribution is 2.19. The van der Waals surface area contributed by atoms with Gasteiger partial charge in [-0.25, -0.2) is 8.78 Å². The number of hydrogen-bond acceptors (Lipinski definition) is 3. The Kier molecular flexibility index (Phi) is 15.9. The molecule has 0 amide bonds. The van der Waals surface area contributed by atoms with Crippen molar-refractivity contribution in [2.75, 3.05) is 14.2 Å². The maximum Gasteiger partial charge on any atom is 0.271 e. The van der Waals surface area contributed by atoms with Crippen molar-refractivity contribution >= 4 is 0 Å². The van der Waals surface area contributed by atoms with Crippen LogP contribution in [0.2, 0.25) is 0 Å². The average Bonchev–Trinajstić information content (AvgIpc) is 2.75. The molecular weight excluding hydrogens is 386 g/mol. The number of methoxy groups -OCH3 is 2. The van der Waals surface area contributed by atoms with E-state index in [-0.39, 0.29) is 6.10 Å². The molecule has 0 aliphatic rings. The summed E-state index contributed by atoms with van der Waals surface area (Å²) in [4.78, 5) is 0. The van der Waals surface area contributed by atoms with Crippen molar-refractivity contribution < 1.29 is 23.0 Å². The maximum atomic E-state index is 13.3. The first kappa shape index (κ1) is 27.0. The van der Waals surface area contributed by atoms with Gasteiger partial charge in [0.25, 0.3) is 6.48 Å². The minimum atomic E-state index is -0.781.